The fourth-order valence-corrected chi connectivity index (χ4v) is 2.74. The van der Waals surface area contributed by atoms with Crippen molar-refractivity contribution in [1.82, 2.24) is 5.16 Å². The lowest BCUT2D eigenvalue weighted by Gasteiger charge is -2.02. The predicted octanol–water partition coefficient (Wildman–Crippen LogP) is 3.66. The van der Waals surface area contributed by atoms with E-state index in [1.807, 2.05) is 36.4 Å². The summed E-state index contributed by atoms with van der Waals surface area (Å²) in [7, 11) is 1.64. The van der Waals surface area contributed by atoms with Gasteiger partial charge in [-0.05, 0) is 29.8 Å². The number of nitrogens with zero attached hydrogens (tertiary/aromatic N) is 1. The molecule has 0 spiro atoms. The molecular formula is C15H12N2O3S. The van der Waals surface area contributed by atoms with Crippen LogP contribution in [-0.2, 0) is 0 Å². The summed E-state index contributed by atoms with van der Waals surface area (Å²) >= 11 is 1.49. The topological polar surface area (TPSA) is 64.4 Å². The molecule has 106 valence electrons. The SMILES string of the molecule is COc1cccc(-c2ccc(NC(=O)c3cnoc3)s2)c1. The second kappa shape index (κ2) is 5.80. The van der Waals surface area contributed by atoms with Gasteiger partial charge in [-0.3, -0.25) is 4.79 Å². The summed E-state index contributed by atoms with van der Waals surface area (Å²) in [6.45, 7) is 0. The lowest BCUT2D eigenvalue weighted by Crippen LogP contribution is -2.09. The van der Waals surface area contributed by atoms with E-state index in [-0.39, 0.29) is 5.91 Å². The molecule has 0 fully saturated rings. The van der Waals surface area contributed by atoms with Crippen LogP contribution in [0.5, 0.6) is 5.75 Å². The number of methoxy groups -OCH3 is 1. The standard InChI is InChI=1S/C15H12N2O3S/c1-19-12-4-2-3-10(7-12)13-5-6-14(21-13)17-15(18)11-8-16-20-9-11/h2-9H,1H3,(H,17,18). The van der Waals surface area contributed by atoms with Crippen molar-refractivity contribution < 1.29 is 14.1 Å². The Kier molecular flexibility index (Phi) is 3.70. The number of thiophene rings is 1. The number of rotatable bonds is 4. The van der Waals surface area contributed by atoms with Gasteiger partial charge in [-0.2, -0.15) is 0 Å². The smallest absolute Gasteiger partial charge is 0.261 e. The van der Waals surface area contributed by atoms with Crippen LogP contribution in [0.15, 0.2) is 53.4 Å². The Balaban J connectivity index is 1.78. The van der Waals surface area contributed by atoms with Crippen LogP contribution in [0.1, 0.15) is 10.4 Å². The Bertz CT molecular complexity index is 750. The average molecular weight is 300 g/mol. The van der Waals surface area contributed by atoms with Crippen molar-refractivity contribution in [3.8, 4) is 16.2 Å². The minimum Gasteiger partial charge on any atom is -0.497 e. The lowest BCUT2D eigenvalue weighted by molar-refractivity contribution is 0.102. The molecule has 0 aliphatic carbocycles. The highest BCUT2D eigenvalue weighted by molar-refractivity contribution is 7.19. The van der Waals surface area contributed by atoms with Crippen LogP contribution >= 0.6 is 11.3 Å². The Morgan fingerprint density at radius 2 is 2.24 bits per heavy atom. The maximum Gasteiger partial charge on any atom is 0.261 e. The zero-order chi connectivity index (χ0) is 14.7. The Morgan fingerprint density at radius 3 is 3.00 bits per heavy atom. The van der Waals surface area contributed by atoms with Crippen molar-refractivity contribution in [2.45, 2.75) is 0 Å². The molecule has 3 aromatic rings. The Morgan fingerprint density at radius 1 is 1.33 bits per heavy atom. The number of carbonyl (C=O) groups is 1. The van der Waals surface area contributed by atoms with Crippen LogP contribution < -0.4 is 10.1 Å². The van der Waals surface area contributed by atoms with Gasteiger partial charge < -0.3 is 14.6 Å². The summed E-state index contributed by atoms with van der Waals surface area (Å²) in [6.07, 6.45) is 2.69. The zero-order valence-electron chi connectivity index (χ0n) is 11.2. The largest absolute Gasteiger partial charge is 0.497 e. The molecule has 0 aliphatic heterocycles. The molecule has 21 heavy (non-hydrogen) atoms. The first kappa shape index (κ1) is 13.4. The van der Waals surface area contributed by atoms with Gasteiger partial charge in [0.15, 0.2) is 0 Å². The summed E-state index contributed by atoms with van der Waals surface area (Å²) in [6, 6.07) is 11.6. The van der Waals surface area contributed by atoms with Crippen LogP contribution in [0.3, 0.4) is 0 Å². The highest BCUT2D eigenvalue weighted by atomic mass is 32.1. The van der Waals surface area contributed by atoms with E-state index in [1.54, 1.807) is 7.11 Å². The number of hydrogen-bond acceptors (Lipinski definition) is 5. The molecule has 1 N–H and O–H groups in total. The molecule has 0 saturated carbocycles. The molecule has 0 atom stereocenters. The van der Waals surface area contributed by atoms with Crippen LogP contribution in [0.4, 0.5) is 5.00 Å². The molecule has 0 bridgehead atoms. The first-order chi connectivity index (χ1) is 10.3. The molecule has 1 aromatic carbocycles. The molecule has 0 unspecified atom stereocenters. The van der Waals surface area contributed by atoms with Crippen molar-refractivity contribution in [2.24, 2.45) is 0 Å². The molecule has 0 radical (unpaired) electrons. The summed E-state index contributed by atoms with van der Waals surface area (Å²) in [5.74, 6) is 0.561. The van der Waals surface area contributed by atoms with E-state index >= 15 is 0 Å². The van der Waals surface area contributed by atoms with Gasteiger partial charge in [0.2, 0.25) is 0 Å². The van der Waals surface area contributed by atoms with E-state index in [9.17, 15) is 4.79 Å². The number of nitrogens with one attached hydrogen (secondary N) is 1. The molecule has 1 amide bonds. The lowest BCUT2D eigenvalue weighted by atomic mass is 10.2. The molecule has 3 rings (SSSR count). The monoisotopic (exact) mass is 300 g/mol. The second-order valence-electron chi connectivity index (χ2n) is 4.26. The van der Waals surface area contributed by atoms with Gasteiger partial charge in [0.1, 0.15) is 12.0 Å². The minimum atomic E-state index is -0.240. The second-order valence-corrected chi connectivity index (χ2v) is 5.35. The highest BCUT2D eigenvalue weighted by Gasteiger charge is 2.10. The van der Waals surface area contributed by atoms with Gasteiger partial charge in [0, 0.05) is 4.88 Å². The molecule has 6 heteroatoms. The maximum absolute atomic E-state index is 11.9. The van der Waals surface area contributed by atoms with Crippen LogP contribution in [-0.4, -0.2) is 18.2 Å². The van der Waals surface area contributed by atoms with Crippen molar-refractivity contribution >= 4 is 22.2 Å². The van der Waals surface area contributed by atoms with E-state index in [0.29, 0.717) is 5.56 Å². The number of aromatic nitrogens is 1. The molecule has 5 nitrogen and oxygen atoms in total. The van der Waals surface area contributed by atoms with E-state index in [4.69, 9.17) is 4.74 Å². The quantitative estimate of drug-likeness (QED) is 0.798. The van der Waals surface area contributed by atoms with Gasteiger partial charge >= 0.3 is 0 Å². The Hall–Kier alpha value is -2.60. The number of carbonyl (C=O) groups excluding carboxylic acids is 1. The zero-order valence-corrected chi connectivity index (χ0v) is 12.0. The summed E-state index contributed by atoms with van der Waals surface area (Å²) < 4.78 is 9.87. The molecule has 2 aromatic heterocycles. The highest BCUT2D eigenvalue weighted by Crippen LogP contribution is 2.33. The number of anilines is 1. The van der Waals surface area contributed by atoms with Gasteiger partial charge in [-0.15, -0.1) is 11.3 Å². The van der Waals surface area contributed by atoms with E-state index < -0.39 is 0 Å². The summed E-state index contributed by atoms with van der Waals surface area (Å²) in [4.78, 5) is 12.9. The Labute approximate surface area is 125 Å². The van der Waals surface area contributed by atoms with E-state index in [0.717, 1.165) is 21.2 Å². The van der Waals surface area contributed by atoms with Gasteiger partial charge in [0.25, 0.3) is 5.91 Å². The van der Waals surface area contributed by atoms with Gasteiger partial charge in [-0.25, -0.2) is 0 Å². The van der Waals surface area contributed by atoms with Crippen molar-refractivity contribution in [3.05, 3.63) is 54.4 Å². The predicted molar refractivity (Wildman–Crippen MR) is 80.8 cm³/mol. The van der Waals surface area contributed by atoms with E-state index in [1.165, 1.54) is 23.8 Å². The van der Waals surface area contributed by atoms with Crippen LogP contribution in [0.2, 0.25) is 0 Å². The molecular weight excluding hydrogens is 288 g/mol. The molecule has 0 aliphatic rings. The first-order valence-electron chi connectivity index (χ1n) is 6.21. The average Bonchev–Trinajstić information content (AvgIpc) is 3.18. The third-order valence-electron chi connectivity index (χ3n) is 2.89. The third-order valence-corrected chi connectivity index (χ3v) is 3.94. The first-order valence-corrected chi connectivity index (χ1v) is 7.03. The van der Waals surface area contributed by atoms with Gasteiger partial charge in [-0.1, -0.05) is 17.3 Å². The number of benzene rings is 1. The normalized spacial score (nSPS) is 10.3. The van der Waals surface area contributed by atoms with Crippen LogP contribution in [0.25, 0.3) is 10.4 Å². The number of amides is 1. The third kappa shape index (κ3) is 2.95. The van der Waals surface area contributed by atoms with Crippen molar-refractivity contribution in [1.29, 1.82) is 0 Å². The summed E-state index contributed by atoms with van der Waals surface area (Å²) in [5.41, 5.74) is 1.44. The minimum absolute atomic E-state index is 0.240. The molecule has 0 saturated heterocycles. The number of hydrogen-bond donors (Lipinski definition) is 1. The van der Waals surface area contributed by atoms with Crippen molar-refractivity contribution in [3.63, 3.8) is 0 Å². The maximum atomic E-state index is 11.9. The van der Waals surface area contributed by atoms with Gasteiger partial charge in [0.05, 0.1) is 23.9 Å². The van der Waals surface area contributed by atoms with E-state index in [2.05, 4.69) is 15.0 Å². The fraction of sp³-hybridized carbons (Fsp3) is 0.0667. The fourth-order valence-electron chi connectivity index (χ4n) is 1.84. The summed E-state index contributed by atoms with van der Waals surface area (Å²) in [5, 5.41) is 7.08. The number of ether oxygens (including phenoxy) is 1. The van der Waals surface area contributed by atoms with Crippen molar-refractivity contribution in [2.75, 3.05) is 12.4 Å². The molecule has 2 heterocycles. The van der Waals surface area contributed by atoms with Crippen LogP contribution in [0, 0.1) is 0 Å².